The van der Waals surface area contributed by atoms with Crippen LogP contribution in [0.3, 0.4) is 0 Å². The quantitative estimate of drug-likeness (QED) is 0.361. The van der Waals surface area contributed by atoms with E-state index in [1.165, 1.54) is 4.90 Å². The molecule has 0 saturated heterocycles. The first-order valence-corrected chi connectivity index (χ1v) is 12.7. The molecule has 3 amide bonds. The second-order valence-corrected chi connectivity index (χ2v) is 10.1. The highest BCUT2D eigenvalue weighted by Gasteiger charge is 2.35. The number of carbonyl (C=O) groups excluding carboxylic acids is 3. The van der Waals surface area contributed by atoms with Gasteiger partial charge in [-0.05, 0) is 48.0 Å². The Balaban J connectivity index is 2.11. The molecular formula is C26H30ClN5O3S. The molecule has 5 N–H and O–H groups in total. The van der Waals surface area contributed by atoms with Gasteiger partial charge < -0.3 is 21.7 Å². The molecule has 0 unspecified atom stereocenters. The summed E-state index contributed by atoms with van der Waals surface area (Å²) in [5.41, 5.74) is 13.5. The molecule has 0 saturated carbocycles. The number of amides is 3. The smallest absolute Gasteiger partial charge is 0.270 e. The van der Waals surface area contributed by atoms with Gasteiger partial charge in [-0.15, -0.1) is 0 Å². The Morgan fingerprint density at radius 2 is 1.78 bits per heavy atom. The van der Waals surface area contributed by atoms with E-state index in [9.17, 15) is 14.4 Å². The molecule has 1 heterocycles. The summed E-state index contributed by atoms with van der Waals surface area (Å²) in [6.07, 6.45) is 0.786. The predicted molar refractivity (Wildman–Crippen MR) is 143 cm³/mol. The molecule has 1 atom stereocenters. The first-order valence-electron chi connectivity index (χ1n) is 11.5. The summed E-state index contributed by atoms with van der Waals surface area (Å²) in [4.78, 5) is 40.7. The lowest BCUT2D eigenvalue weighted by Gasteiger charge is -2.31. The number of rotatable bonds is 10. The van der Waals surface area contributed by atoms with Crippen LogP contribution in [0, 0.1) is 12.8 Å². The fourth-order valence-corrected chi connectivity index (χ4v) is 4.61. The fourth-order valence-electron chi connectivity index (χ4n) is 3.65. The minimum absolute atomic E-state index is 0.0257. The van der Waals surface area contributed by atoms with Gasteiger partial charge in [0, 0.05) is 18.1 Å². The van der Waals surface area contributed by atoms with E-state index in [-0.39, 0.29) is 28.7 Å². The van der Waals surface area contributed by atoms with E-state index >= 15 is 0 Å². The zero-order valence-corrected chi connectivity index (χ0v) is 22.0. The number of anilines is 1. The molecule has 3 rings (SSSR count). The van der Waals surface area contributed by atoms with Gasteiger partial charge in [0.15, 0.2) is 5.69 Å². The number of nitrogens with one attached hydrogen (secondary N) is 1. The maximum Gasteiger partial charge on any atom is 0.270 e. The van der Waals surface area contributed by atoms with Crippen molar-refractivity contribution in [3.05, 3.63) is 80.8 Å². The average molecular weight is 528 g/mol. The van der Waals surface area contributed by atoms with Gasteiger partial charge in [-0.3, -0.25) is 14.4 Å². The van der Waals surface area contributed by atoms with Crippen molar-refractivity contribution in [1.82, 2.24) is 14.6 Å². The number of aryl methyl sites for hydroxylation is 1. The Labute approximate surface area is 219 Å². The lowest BCUT2D eigenvalue weighted by molar-refractivity contribution is -0.126. The molecule has 2 aromatic carbocycles. The normalized spacial score (nSPS) is 11.8. The van der Waals surface area contributed by atoms with Gasteiger partial charge >= 0.3 is 0 Å². The van der Waals surface area contributed by atoms with Crippen molar-refractivity contribution >= 4 is 46.5 Å². The Hall–Kier alpha value is -3.43. The minimum Gasteiger partial charge on any atom is -0.395 e. The molecule has 0 aliphatic heterocycles. The van der Waals surface area contributed by atoms with Crippen LogP contribution in [0.1, 0.15) is 63.2 Å². The summed E-state index contributed by atoms with van der Waals surface area (Å²) < 4.78 is 3.97. The van der Waals surface area contributed by atoms with Gasteiger partial charge in [0.25, 0.3) is 11.8 Å². The average Bonchev–Trinajstić information content (AvgIpc) is 3.22. The predicted octanol–water partition coefficient (Wildman–Crippen LogP) is 4.33. The summed E-state index contributed by atoms with van der Waals surface area (Å²) in [6.45, 7) is 6.57. The summed E-state index contributed by atoms with van der Waals surface area (Å²) in [6, 6.07) is 13.5. The van der Waals surface area contributed by atoms with Crippen molar-refractivity contribution in [2.75, 3.05) is 12.3 Å². The van der Waals surface area contributed by atoms with Crippen LogP contribution in [0.25, 0.3) is 0 Å². The Kier molecular flexibility index (Phi) is 9.06. The van der Waals surface area contributed by atoms with Crippen LogP contribution in [-0.2, 0) is 11.3 Å². The van der Waals surface area contributed by atoms with E-state index in [4.69, 9.17) is 23.1 Å². The standard InChI is InChI=1S/C26H30ClN5O3S/c1-15(2)12-13-30-25(34)22(17-10-8-16(3)9-11-17)32(14-18-6-4-5-7-19(18)27)26(35)23-20(28)21(24(29)33)31-36-23/h4-11,15,22H,12-14,28H2,1-3H3,(H2,29,33)(H,30,34)/t22-/m0/s1. The molecule has 190 valence electrons. The third-order valence-electron chi connectivity index (χ3n) is 5.69. The molecule has 0 bridgehead atoms. The number of halogens is 1. The van der Waals surface area contributed by atoms with E-state index < -0.39 is 17.9 Å². The van der Waals surface area contributed by atoms with Gasteiger partial charge in [-0.1, -0.05) is 73.5 Å². The number of aromatic nitrogens is 1. The fraction of sp³-hybridized carbons (Fsp3) is 0.308. The molecule has 0 aliphatic rings. The molecule has 36 heavy (non-hydrogen) atoms. The molecule has 0 radical (unpaired) electrons. The van der Waals surface area contributed by atoms with Crippen LogP contribution in [-0.4, -0.2) is 33.5 Å². The molecule has 1 aromatic heterocycles. The maximum atomic E-state index is 13.9. The number of hydrogen-bond donors (Lipinski definition) is 3. The number of hydrogen-bond acceptors (Lipinski definition) is 6. The van der Waals surface area contributed by atoms with Crippen molar-refractivity contribution in [2.45, 2.75) is 39.8 Å². The lowest BCUT2D eigenvalue weighted by atomic mass is 10.0. The van der Waals surface area contributed by atoms with Crippen molar-refractivity contribution < 1.29 is 14.4 Å². The SMILES string of the molecule is Cc1ccc([C@@H](C(=O)NCCC(C)C)N(Cc2ccccc2Cl)C(=O)c2snc(C(N)=O)c2N)cc1. The topological polar surface area (TPSA) is 131 Å². The molecule has 0 spiro atoms. The minimum atomic E-state index is -0.986. The van der Waals surface area contributed by atoms with Crippen LogP contribution >= 0.6 is 23.1 Å². The zero-order valence-electron chi connectivity index (χ0n) is 20.5. The maximum absolute atomic E-state index is 13.9. The largest absolute Gasteiger partial charge is 0.395 e. The van der Waals surface area contributed by atoms with E-state index in [2.05, 4.69) is 23.5 Å². The number of nitrogens with zero attached hydrogens (tertiary/aromatic N) is 2. The van der Waals surface area contributed by atoms with Gasteiger partial charge in [-0.25, -0.2) is 0 Å². The van der Waals surface area contributed by atoms with Gasteiger partial charge in [0.05, 0.1) is 5.69 Å². The summed E-state index contributed by atoms with van der Waals surface area (Å²) in [7, 11) is 0. The highest BCUT2D eigenvalue weighted by atomic mass is 35.5. The third kappa shape index (κ3) is 6.41. The van der Waals surface area contributed by atoms with Crippen molar-refractivity contribution in [1.29, 1.82) is 0 Å². The monoisotopic (exact) mass is 527 g/mol. The van der Waals surface area contributed by atoms with Crippen LogP contribution in [0.2, 0.25) is 5.02 Å². The van der Waals surface area contributed by atoms with Crippen LogP contribution in [0.5, 0.6) is 0 Å². The first-order chi connectivity index (χ1) is 17.1. The Morgan fingerprint density at radius 3 is 2.36 bits per heavy atom. The van der Waals surface area contributed by atoms with Gasteiger partial charge in [0.1, 0.15) is 10.9 Å². The Morgan fingerprint density at radius 1 is 1.11 bits per heavy atom. The number of nitrogen functional groups attached to an aromatic ring is 1. The molecule has 0 aliphatic carbocycles. The number of benzene rings is 2. The van der Waals surface area contributed by atoms with E-state index in [1.54, 1.807) is 24.3 Å². The summed E-state index contributed by atoms with van der Waals surface area (Å²) in [5.74, 6) is -1.32. The van der Waals surface area contributed by atoms with Gasteiger partial charge in [-0.2, -0.15) is 4.37 Å². The molecule has 10 heteroatoms. The summed E-state index contributed by atoms with van der Waals surface area (Å²) >= 11 is 7.20. The third-order valence-corrected chi connectivity index (χ3v) is 6.91. The highest BCUT2D eigenvalue weighted by Crippen LogP contribution is 2.31. The van der Waals surface area contributed by atoms with Crippen molar-refractivity contribution in [2.24, 2.45) is 11.7 Å². The van der Waals surface area contributed by atoms with Gasteiger partial charge in [0.2, 0.25) is 5.91 Å². The molecule has 8 nitrogen and oxygen atoms in total. The number of nitrogens with two attached hydrogens (primary N) is 2. The van der Waals surface area contributed by atoms with E-state index in [0.717, 1.165) is 23.5 Å². The molecule has 0 fully saturated rings. The highest BCUT2D eigenvalue weighted by molar-refractivity contribution is 7.09. The second kappa shape index (κ2) is 12.0. The van der Waals surface area contributed by atoms with Crippen LogP contribution in [0.15, 0.2) is 48.5 Å². The van der Waals surface area contributed by atoms with Crippen molar-refractivity contribution in [3.63, 3.8) is 0 Å². The molecular weight excluding hydrogens is 498 g/mol. The summed E-state index contributed by atoms with van der Waals surface area (Å²) in [5, 5.41) is 3.42. The van der Waals surface area contributed by atoms with E-state index in [1.807, 2.05) is 31.2 Å². The number of carbonyl (C=O) groups is 3. The second-order valence-electron chi connectivity index (χ2n) is 8.95. The number of primary amides is 1. The zero-order chi connectivity index (χ0) is 26.4. The molecule has 3 aromatic rings. The lowest BCUT2D eigenvalue weighted by Crippen LogP contribution is -2.43. The van der Waals surface area contributed by atoms with Crippen molar-refractivity contribution in [3.8, 4) is 0 Å². The van der Waals surface area contributed by atoms with Crippen LogP contribution < -0.4 is 16.8 Å². The first kappa shape index (κ1) is 27.2. The Bertz CT molecular complexity index is 1240. The van der Waals surface area contributed by atoms with Crippen LogP contribution in [0.4, 0.5) is 5.69 Å². The van der Waals surface area contributed by atoms with E-state index in [0.29, 0.717) is 28.6 Å².